The molecule has 1 heterocycles. The first-order chi connectivity index (χ1) is 6.99. The van der Waals surface area contributed by atoms with Crippen molar-refractivity contribution in [2.75, 3.05) is 0 Å². The maximum Gasteiger partial charge on any atom is 0.304 e. The summed E-state index contributed by atoms with van der Waals surface area (Å²) < 4.78 is 13.3. The molecule has 0 radical (unpaired) electrons. The second-order valence-corrected chi connectivity index (χ2v) is 5.27. The van der Waals surface area contributed by atoms with Crippen LogP contribution in [0.4, 0.5) is 0 Å². The Morgan fingerprint density at radius 1 is 1.73 bits per heavy atom. The molecule has 0 amide bonds. The molecule has 0 fully saturated rings. The third-order valence-corrected chi connectivity index (χ3v) is 3.61. The molecule has 84 valence electrons. The van der Waals surface area contributed by atoms with Gasteiger partial charge in [0.25, 0.3) is 0 Å². The highest BCUT2D eigenvalue weighted by Gasteiger charge is 2.16. The summed E-state index contributed by atoms with van der Waals surface area (Å²) in [7, 11) is 0.605. The summed E-state index contributed by atoms with van der Waals surface area (Å²) in [6, 6.07) is 1.78. The van der Waals surface area contributed by atoms with Gasteiger partial charge < -0.3 is 5.11 Å². The van der Waals surface area contributed by atoms with Crippen LogP contribution < -0.4 is 0 Å². The minimum Gasteiger partial charge on any atom is -0.481 e. The largest absolute Gasteiger partial charge is 0.481 e. The molecular weight excluding hydrogens is 216 g/mol. The molecule has 15 heavy (non-hydrogen) atoms. The molecule has 2 atom stereocenters. The summed E-state index contributed by atoms with van der Waals surface area (Å²) in [5.41, 5.74) is 0.730. The van der Waals surface area contributed by atoms with Crippen LogP contribution in [-0.2, 0) is 28.4 Å². The quantitative estimate of drug-likeness (QED) is 0.801. The monoisotopic (exact) mass is 230 g/mol. The Bertz CT molecular complexity index is 375. The Morgan fingerprint density at radius 2 is 2.40 bits per heavy atom. The van der Waals surface area contributed by atoms with Gasteiger partial charge in [-0.15, -0.1) is 0 Å². The van der Waals surface area contributed by atoms with E-state index in [0.29, 0.717) is 5.75 Å². The minimum absolute atomic E-state index is 0.0700. The molecular formula is C9H14N2O3S. The van der Waals surface area contributed by atoms with Gasteiger partial charge >= 0.3 is 5.97 Å². The average molecular weight is 230 g/mol. The van der Waals surface area contributed by atoms with E-state index in [1.54, 1.807) is 30.9 Å². The fourth-order valence-electron chi connectivity index (χ4n) is 1.17. The van der Waals surface area contributed by atoms with Crippen LogP contribution in [0.25, 0.3) is 0 Å². The molecule has 0 spiro atoms. The smallest absolute Gasteiger partial charge is 0.304 e. The van der Waals surface area contributed by atoms with Gasteiger partial charge in [-0.05, 0) is 6.07 Å². The van der Waals surface area contributed by atoms with E-state index < -0.39 is 16.8 Å². The zero-order chi connectivity index (χ0) is 11.4. The lowest BCUT2D eigenvalue weighted by atomic mass is 10.3. The predicted octanol–water partition coefficient (Wildman–Crippen LogP) is 0.532. The number of hydrogen-bond acceptors (Lipinski definition) is 3. The maximum absolute atomic E-state index is 11.7. The number of carboxylic acid groups (broad SMARTS) is 1. The fourth-order valence-corrected chi connectivity index (χ4v) is 2.23. The fraction of sp³-hybridized carbons (Fsp3) is 0.556. The van der Waals surface area contributed by atoms with Crippen LogP contribution in [0.15, 0.2) is 12.3 Å². The molecule has 0 aliphatic heterocycles. The number of hydrogen-bond donors (Lipinski definition) is 1. The lowest BCUT2D eigenvalue weighted by molar-refractivity contribution is -0.136. The van der Waals surface area contributed by atoms with E-state index in [9.17, 15) is 9.00 Å². The number of rotatable bonds is 5. The highest BCUT2D eigenvalue weighted by molar-refractivity contribution is 7.84. The normalized spacial score (nSPS) is 14.8. The lowest BCUT2D eigenvalue weighted by Crippen LogP contribution is -2.17. The highest BCUT2D eigenvalue weighted by Crippen LogP contribution is 2.07. The lowest BCUT2D eigenvalue weighted by Gasteiger charge is -2.06. The van der Waals surface area contributed by atoms with E-state index in [2.05, 4.69) is 5.10 Å². The third-order valence-electron chi connectivity index (χ3n) is 1.97. The molecule has 0 saturated carbocycles. The average Bonchev–Trinajstić information content (AvgIpc) is 2.50. The van der Waals surface area contributed by atoms with E-state index >= 15 is 0 Å². The zero-order valence-electron chi connectivity index (χ0n) is 8.71. The van der Waals surface area contributed by atoms with Gasteiger partial charge in [-0.3, -0.25) is 13.7 Å². The van der Waals surface area contributed by atoms with Crippen molar-refractivity contribution >= 4 is 16.8 Å². The summed E-state index contributed by atoms with van der Waals surface area (Å²) in [4.78, 5) is 10.4. The van der Waals surface area contributed by atoms with Gasteiger partial charge in [-0.2, -0.15) is 5.10 Å². The Morgan fingerprint density at radius 3 is 2.87 bits per heavy atom. The van der Waals surface area contributed by atoms with Crippen molar-refractivity contribution < 1.29 is 14.1 Å². The van der Waals surface area contributed by atoms with Crippen LogP contribution in [0.5, 0.6) is 0 Å². The van der Waals surface area contributed by atoms with E-state index in [0.717, 1.165) is 5.69 Å². The van der Waals surface area contributed by atoms with E-state index in [4.69, 9.17) is 5.11 Å². The third kappa shape index (κ3) is 3.83. The molecule has 0 aromatic carbocycles. The van der Waals surface area contributed by atoms with E-state index in [1.807, 2.05) is 0 Å². The summed E-state index contributed by atoms with van der Waals surface area (Å²) >= 11 is 0. The summed E-state index contributed by atoms with van der Waals surface area (Å²) in [5.74, 6) is -0.605. The Labute approximate surface area is 90.6 Å². The van der Waals surface area contributed by atoms with Gasteiger partial charge in [0.2, 0.25) is 0 Å². The molecule has 5 nitrogen and oxygen atoms in total. The first-order valence-electron chi connectivity index (χ1n) is 4.56. The van der Waals surface area contributed by atoms with Crippen molar-refractivity contribution in [2.24, 2.45) is 7.05 Å². The van der Waals surface area contributed by atoms with Crippen LogP contribution in [0, 0.1) is 0 Å². The zero-order valence-corrected chi connectivity index (χ0v) is 9.53. The number of carbonyl (C=O) groups is 1. The number of aromatic nitrogens is 2. The van der Waals surface area contributed by atoms with Crippen molar-refractivity contribution in [1.29, 1.82) is 0 Å². The number of aryl methyl sites for hydroxylation is 1. The molecule has 0 aliphatic rings. The molecule has 1 aromatic heterocycles. The van der Waals surface area contributed by atoms with Crippen molar-refractivity contribution in [3.05, 3.63) is 18.0 Å². The predicted molar refractivity (Wildman–Crippen MR) is 56.8 cm³/mol. The summed E-state index contributed by atoms with van der Waals surface area (Å²) in [6.45, 7) is 1.67. The highest BCUT2D eigenvalue weighted by atomic mass is 32.2. The van der Waals surface area contributed by atoms with Crippen molar-refractivity contribution in [3.63, 3.8) is 0 Å². The van der Waals surface area contributed by atoms with Crippen LogP contribution >= 0.6 is 0 Å². The maximum atomic E-state index is 11.7. The van der Waals surface area contributed by atoms with Gasteiger partial charge in [-0.25, -0.2) is 0 Å². The molecule has 2 unspecified atom stereocenters. The molecule has 6 heteroatoms. The van der Waals surface area contributed by atoms with Crippen LogP contribution in [0.1, 0.15) is 19.0 Å². The Hall–Kier alpha value is -1.17. The van der Waals surface area contributed by atoms with Crippen LogP contribution in [0.3, 0.4) is 0 Å². The first-order valence-corrected chi connectivity index (χ1v) is 5.94. The minimum atomic E-state index is -1.18. The van der Waals surface area contributed by atoms with Crippen molar-refractivity contribution in [1.82, 2.24) is 9.78 Å². The van der Waals surface area contributed by atoms with Crippen LogP contribution in [-0.4, -0.2) is 30.3 Å². The Balaban J connectivity index is 2.52. The second-order valence-electron chi connectivity index (χ2n) is 3.41. The molecule has 0 saturated heterocycles. The van der Waals surface area contributed by atoms with Crippen molar-refractivity contribution in [3.8, 4) is 0 Å². The molecule has 1 aromatic rings. The van der Waals surface area contributed by atoms with Gasteiger partial charge in [0.05, 0.1) is 17.9 Å². The molecule has 0 bridgehead atoms. The SMILES string of the molecule is CC(CC(=O)O)S(=O)Cc1ccn(C)n1. The molecule has 1 rings (SSSR count). The second kappa shape index (κ2) is 5.06. The Kier molecular flexibility index (Phi) is 4.02. The summed E-state index contributed by atoms with van der Waals surface area (Å²) in [6.07, 6.45) is 1.70. The first kappa shape index (κ1) is 11.9. The number of carboxylic acids is 1. The van der Waals surface area contributed by atoms with Gasteiger partial charge in [-0.1, -0.05) is 6.92 Å². The van der Waals surface area contributed by atoms with Gasteiger partial charge in [0.15, 0.2) is 0 Å². The summed E-state index contributed by atoms with van der Waals surface area (Å²) in [5, 5.41) is 12.3. The van der Waals surface area contributed by atoms with Crippen LogP contribution in [0.2, 0.25) is 0 Å². The standard InChI is InChI=1S/C9H14N2O3S/c1-7(5-9(12)13)15(14)6-8-3-4-11(2)10-8/h3-4,7H,5-6H2,1-2H3,(H,12,13). The number of nitrogens with zero attached hydrogens (tertiary/aromatic N) is 2. The topological polar surface area (TPSA) is 72.2 Å². The van der Waals surface area contributed by atoms with Gasteiger partial charge in [0.1, 0.15) is 0 Å². The van der Waals surface area contributed by atoms with E-state index in [-0.39, 0.29) is 11.7 Å². The molecule has 1 N–H and O–H groups in total. The molecule has 0 aliphatic carbocycles. The van der Waals surface area contributed by atoms with Crippen molar-refractivity contribution in [2.45, 2.75) is 24.3 Å². The van der Waals surface area contributed by atoms with Gasteiger partial charge in [0, 0.05) is 29.3 Å². The number of aliphatic carboxylic acids is 1. The van der Waals surface area contributed by atoms with E-state index in [1.165, 1.54) is 0 Å².